The van der Waals surface area contributed by atoms with Gasteiger partial charge in [0.1, 0.15) is 10.6 Å². The molecule has 3 nitrogen and oxygen atoms in total. The normalized spacial score (nSPS) is 13.8. The Kier molecular flexibility index (Phi) is 4.95. The predicted octanol–water partition coefficient (Wildman–Crippen LogP) is 5.00. The molecule has 0 aliphatic heterocycles. The summed E-state index contributed by atoms with van der Waals surface area (Å²) < 4.78 is 5.45. The summed E-state index contributed by atoms with van der Waals surface area (Å²) in [6, 6.07) is 6.57. The zero-order chi connectivity index (χ0) is 17.3. The predicted molar refractivity (Wildman–Crippen MR) is 101 cm³/mol. The second kappa shape index (κ2) is 6.98. The molecule has 0 atom stereocenters. The average molecular weight is 343 g/mol. The molecule has 1 aromatic carbocycles. The van der Waals surface area contributed by atoms with E-state index in [4.69, 9.17) is 10.5 Å². The van der Waals surface area contributed by atoms with Crippen LogP contribution in [-0.2, 0) is 17.6 Å². The summed E-state index contributed by atoms with van der Waals surface area (Å²) in [4.78, 5) is 13.6. The van der Waals surface area contributed by atoms with Crippen molar-refractivity contribution in [2.75, 3.05) is 12.3 Å². The Labute approximate surface area is 147 Å². The molecule has 128 valence electrons. The van der Waals surface area contributed by atoms with Crippen molar-refractivity contribution in [2.24, 2.45) is 5.92 Å². The first kappa shape index (κ1) is 17.0. The maximum Gasteiger partial charge on any atom is 0.341 e. The van der Waals surface area contributed by atoms with E-state index in [1.54, 1.807) is 0 Å². The molecule has 3 rings (SSSR count). The number of anilines is 1. The van der Waals surface area contributed by atoms with Crippen molar-refractivity contribution >= 4 is 22.3 Å². The third-order valence-electron chi connectivity index (χ3n) is 4.50. The fourth-order valence-electron chi connectivity index (χ4n) is 3.32. The summed E-state index contributed by atoms with van der Waals surface area (Å²) in [5.41, 5.74) is 11.6. The van der Waals surface area contributed by atoms with Crippen molar-refractivity contribution in [3.8, 4) is 11.1 Å². The maximum atomic E-state index is 12.6. The Morgan fingerprint density at radius 1 is 1.25 bits per heavy atom. The van der Waals surface area contributed by atoms with Gasteiger partial charge in [0.2, 0.25) is 0 Å². The Bertz CT molecular complexity index is 761. The average Bonchev–Trinajstić information content (AvgIpc) is 2.86. The van der Waals surface area contributed by atoms with Crippen LogP contribution in [0.4, 0.5) is 5.00 Å². The SMILES string of the molecule is Cc1sc(N)c(C(=O)OCC(C)C)c1-c1ccc2c(c1)CCCC2. The van der Waals surface area contributed by atoms with Crippen LogP contribution in [0.1, 0.15) is 53.1 Å². The number of aryl methyl sites for hydroxylation is 3. The number of thiophene rings is 1. The number of nitrogens with two attached hydrogens (primary N) is 1. The minimum atomic E-state index is -0.307. The fraction of sp³-hybridized carbons (Fsp3) is 0.450. The molecule has 1 aliphatic carbocycles. The summed E-state index contributed by atoms with van der Waals surface area (Å²) >= 11 is 1.47. The Balaban J connectivity index is 2.00. The number of hydrogen-bond acceptors (Lipinski definition) is 4. The van der Waals surface area contributed by atoms with E-state index in [9.17, 15) is 4.79 Å². The lowest BCUT2D eigenvalue weighted by Crippen LogP contribution is -2.12. The third-order valence-corrected chi connectivity index (χ3v) is 5.43. The molecule has 1 aromatic heterocycles. The lowest BCUT2D eigenvalue weighted by atomic mass is 9.88. The van der Waals surface area contributed by atoms with Crippen molar-refractivity contribution in [1.29, 1.82) is 0 Å². The van der Waals surface area contributed by atoms with Crippen molar-refractivity contribution in [3.05, 3.63) is 39.8 Å². The van der Waals surface area contributed by atoms with Crippen molar-refractivity contribution in [3.63, 3.8) is 0 Å². The summed E-state index contributed by atoms with van der Waals surface area (Å²) in [7, 11) is 0. The molecule has 0 radical (unpaired) electrons. The van der Waals surface area contributed by atoms with Crippen LogP contribution in [0.3, 0.4) is 0 Å². The molecule has 2 aromatic rings. The first-order chi connectivity index (χ1) is 11.5. The highest BCUT2D eigenvalue weighted by atomic mass is 32.1. The number of rotatable bonds is 4. The molecular formula is C20H25NO2S. The first-order valence-corrected chi connectivity index (χ1v) is 9.47. The van der Waals surface area contributed by atoms with E-state index < -0.39 is 0 Å². The Morgan fingerprint density at radius 2 is 1.96 bits per heavy atom. The number of carbonyl (C=O) groups is 1. The zero-order valence-electron chi connectivity index (χ0n) is 14.6. The van der Waals surface area contributed by atoms with Gasteiger partial charge in [-0.05, 0) is 55.2 Å². The molecule has 0 amide bonds. The van der Waals surface area contributed by atoms with Gasteiger partial charge < -0.3 is 10.5 Å². The highest BCUT2D eigenvalue weighted by Crippen LogP contribution is 2.39. The molecule has 2 N–H and O–H groups in total. The number of benzene rings is 1. The maximum absolute atomic E-state index is 12.6. The van der Waals surface area contributed by atoms with Crippen LogP contribution in [0.5, 0.6) is 0 Å². The van der Waals surface area contributed by atoms with Gasteiger partial charge in [-0.3, -0.25) is 0 Å². The second-order valence-corrected chi connectivity index (χ2v) is 8.21. The summed E-state index contributed by atoms with van der Waals surface area (Å²) in [6.07, 6.45) is 4.78. The first-order valence-electron chi connectivity index (χ1n) is 8.65. The van der Waals surface area contributed by atoms with Crippen LogP contribution in [0.15, 0.2) is 18.2 Å². The lowest BCUT2D eigenvalue weighted by molar-refractivity contribution is 0.0461. The van der Waals surface area contributed by atoms with Gasteiger partial charge >= 0.3 is 5.97 Å². The number of ether oxygens (including phenoxy) is 1. The number of esters is 1. The van der Waals surface area contributed by atoms with Crippen LogP contribution in [0, 0.1) is 12.8 Å². The largest absolute Gasteiger partial charge is 0.462 e. The summed E-state index contributed by atoms with van der Waals surface area (Å²) in [6.45, 7) is 6.49. The van der Waals surface area contributed by atoms with Crippen LogP contribution in [0.25, 0.3) is 11.1 Å². The van der Waals surface area contributed by atoms with E-state index in [-0.39, 0.29) is 5.97 Å². The van der Waals surface area contributed by atoms with Crippen LogP contribution >= 0.6 is 11.3 Å². The number of fused-ring (bicyclic) bond motifs is 1. The molecule has 1 heterocycles. The van der Waals surface area contributed by atoms with E-state index in [1.165, 1.54) is 35.3 Å². The smallest absolute Gasteiger partial charge is 0.341 e. The molecule has 0 bridgehead atoms. The van der Waals surface area contributed by atoms with Gasteiger partial charge in [-0.15, -0.1) is 11.3 Å². The van der Waals surface area contributed by atoms with E-state index >= 15 is 0 Å². The minimum absolute atomic E-state index is 0.307. The van der Waals surface area contributed by atoms with Gasteiger partial charge in [0.05, 0.1) is 6.61 Å². The molecule has 4 heteroatoms. The topological polar surface area (TPSA) is 52.3 Å². The van der Waals surface area contributed by atoms with Gasteiger partial charge in [-0.1, -0.05) is 32.0 Å². The summed E-state index contributed by atoms with van der Waals surface area (Å²) in [5.74, 6) is 0.000345. The van der Waals surface area contributed by atoms with Crippen LogP contribution < -0.4 is 5.73 Å². The molecule has 0 unspecified atom stereocenters. The quantitative estimate of drug-likeness (QED) is 0.795. The van der Waals surface area contributed by atoms with Crippen molar-refractivity contribution < 1.29 is 9.53 Å². The monoisotopic (exact) mass is 343 g/mol. The molecule has 0 spiro atoms. The molecule has 0 saturated heterocycles. The number of nitrogen functional groups attached to an aromatic ring is 1. The number of carbonyl (C=O) groups excluding carboxylic acids is 1. The van der Waals surface area contributed by atoms with Gasteiger partial charge in [-0.2, -0.15) is 0 Å². The highest BCUT2D eigenvalue weighted by Gasteiger charge is 2.24. The molecule has 24 heavy (non-hydrogen) atoms. The fourth-order valence-corrected chi connectivity index (χ4v) is 4.26. The van der Waals surface area contributed by atoms with Gasteiger partial charge in [0.25, 0.3) is 0 Å². The number of hydrogen-bond donors (Lipinski definition) is 1. The van der Waals surface area contributed by atoms with Gasteiger partial charge in [0, 0.05) is 10.4 Å². The van der Waals surface area contributed by atoms with E-state index in [0.717, 1.165) is 28.8 Å². The third kappa shape index (κ3) is 3.34. The Morgan fingerprint density at radius 3 is 2.67 bits per heavy atom. The van der Waals surface area contributed by atoms with Crippen molar-refractivity contribution in [2.45, 2.75) is 46.5 Å². The van der Waals surface area contributed by atoms with Crippen LogP contribution in [-0.4, -0.2) is 12.6 Å². The minimum Gasteiger partial charge on any atom is -0.462 e. The van der Waals surface area contributed by atoms with Crippen molar-refractivity contribution in [1.82, 2.24) is 0 Å². The van der Waals surface area contributed by atoms with E-state index in [0.29, 0.717) is 23.1 Å². The lowest BCUT2D eigenvalue weighted by Gasteiger charge is -2.17. The van der Waals surface area contributed by atoms with E-state index in [1.807, 2.05) is 20.8 Å². The van der Waals surface area contributed by atoms with Gasteiger partial charge in [-0.25, -0.2) is 4.79 Å². The molecular weight excluding hydrogens is 318 g/mol. The standard InChI is InChI=1S/C20H25NO2S/c1-12(2)11-23-20(22)18-17(13(3)24-19(18)21)16-9-8-14-6-4-5-7-15(14)10-16/h8-10,12H,4-7,11,21H2,1-3H3. The summed E-state index contributed by atoms with van der Waals surface area (Å²) in [5, 5.41) is 0.550. The Hall–Kier alpha value is -1.81. The highest BCUT2D eigenvalue weighted by molar-refractivity contribution is 7.16. The van der Waals surface area contributed by atoms with Gasteiger partial charge in [0.15, 0.2) is 0 Å². The second-order valence-electron chi connectivity index (χ2n) is 6.96. The van der Waals surface area contributed by atoms with Crippen LogP contribution in [0.2, 0.25) is 0 Å². The molecule has 0 saturated carbocycles. The molecule has 1 aliphatic rings. The molecule has 0 fully saturated rings. The van der Waals surface area contributed by atoms with E-state index in [2.05, 4.69) is 18.2 Å². The zero-order valence-corrected chi connectivity index (χ0v) is 15.5.